The molecule has 1 saturated heterocycles. The highest BCUT2D eigenvalue weighted by Gasteiger charge is 2.38. The van der Waals surface area contributed by atoms with Gasteiger partial charge in [0.05, 0.1) is 17.4 Å². The minimum absolute atomic E-state index is 0.00126. The number of rotatable bonds is 6. The van der Waals surface area contributed by atoms with E-state index >= 15 is 0 Å². The minimum Gasteiger partial charge on any atom is -0.356 e. The Morgan fingerprint density at radius 1 is 0.947 bits per heavy atom. The molecule has 0 saturated carbocycles. The van der Waals surface area contributed by atoms with Crippen molar-refractivity contribution in [2.45, 2.75) is 25.2 Å². The molecule has 3 aromatic heterocycles. The highest BCUT2D eigenvalue weighted by Crippen LogP contribution is 2.36. The topological polar surface area (TPSA) is 72.3 Å². The summed E-state index contributed by atoms with van der Waals surface area (Å²) in [6, 6.07) is 12.2. The molecule has 1 aliphatic rings. The molecule has 1 unspecified atom stereocenters. The molecule has 1 N–H and O–H groups in total. The molecular weight excluding hydrogens is 516 g/mol. The summed E-state index contributed by atoms with van der Waals surface area (Å²) in [6.07, 6.45) is -8.93. The van der Waals surface area contributed by atoms with Crippen molar-refractivity contribution >= 4 is 28.4 Å². The molecule has 1 aromatic carbocycles. The van der Waals surface area contributed by atoms with Crippen LogP contribution in [0.4, 0.5) is 37.8 Å². The number of aromatic nitrogens is 3. The fourth-order valence-corrected chi connectivity index (χ4v) is 4.08. The van der Waals surface area contributed by atoms with Crippen molar-refractivity contribution in [1.82, 2.24) is 14.5 Å². The lowest BCUT2D eigenvalue weighted by Crippen LogP contribution is -2.37. The molecule has 1 aliphatic heterocycles. The molecule has 13 heteroatoms. The molecule has 1 atom stereocenters. The average molecular weight is 535 g/mol. The van der Waals surface area contributed by atoms with Crippen LogP contribution in [0.1, 0.15) is 34.3 Å². The molecule has 0 bridgehead atoms. The van der Waals surface area contributed by atoms with Crippen molar-refractivity contribution in [1.29, 1.82) is 0 Å². The van der Waals surface area contributed by atoms with Crippen LogP contribution in [0.2, 0.25) is 0 Å². The Morgan fingerprint density at radius 2 is 1.68 bits per heavy atom. The maximum Gasteiger partial charge on any atom is 0.524 e. The van der Waals surface area contributed by atoms with Crippen LogP contribution < -0.4 is 10.2 Å². The van der Waals surface area contributed by atoms with Crippen LogP contribution in [0.5, 0.6) is 0 Å². The highest BCUT2D eigenvalue weighted by molar-refractivity contribution is 6.06. The van der Waals surface area contributed by atoms with Crippen LogP contribution in [0.3, 0.4) is 0 Å². The quantitative estimate of drug-likeness (QED) is 0.307. The Labute approximate surface area is 211 Å². The standard InChI is InChI=1S/C25H19F6N5O2/c26-24(27,28)17-11-16-12-19(22(37)34-18-7-8-20(32-14-18)35-9-4-10-35)36(21(16)33-13-17)23(38-25(29,30)31)15-5-2-1-3-6-15/h1-3,5-8,11-14,23H,4,9-10H2,(H,34,37). The van der Waals surface area contributed by atoms with Crippen molar-refractivity contribution in [3.05, 3.63) is 83.8 Å². The van der Waals surface area contributed by atoms with Gasteiger partial charge < -0.3 is 10.2 Å². The fourth-order valence-electron chi connectivity index (χ4n) is 4.08. The van der Waals surface area contributed by atoms with Crippen LogP contribution in [-0.4, -0.2) is 39.9 Å². The maximum absolute atomic E-state index is 13.5. The molecule has 0 aliphatic carbocycles. The third-order valence-corrected chi connectivity index (χ3v) is 5.99. The minimum atomic E-state index is -5.15. The molecule has 0 spiro atoms. The first kappa shape index (κ1) is 25.5. The second-order valence-corrected chi connectivity index (χ2v) is 8.56. The predicted octanol–water partition coefficient (Wildman–Crippen LogP) is 6.00. The first-order chi connectivity index (χ1) is 18.0. The normalized spacial score (nSPS) is 14.8. The molecule has 0 radical (unpaired) electrons. The number of ether oxygens (including phenoxy) is 1. The fraction of sp³-hybridized carbons (Fsp3) is 0.240. The van der Waals surface area contributed by atoms with E-state index in [-0.39, 0.29) is 22.3 Å². The molecule has 5 rings (SSSR count). The number of nitrogens with zero attached hydrogens (tertiary/aromatic N) is 4. The average Bonchev–Trinajstić information content (AvgIpc) is 3.21. The van der Waals surface area contributed by atoms with E-state index in [1.165, 1.54) is 30.5 Å². The van der Waals surface area contributed by atoms with E-state index in [0.29, 0.717) is 18.1 Å². The smallest absolute Gasteiger partial charge is 0.356 e. The summed E-state index contributed by atoms with van der Waals surface area (Å²) >= 11 is 0. The monoisotopic (exact) mass is 535 g/mol. The number of hydrogen-bond acceptors (Lipinski definition) is 5. The summed E-state index contributed by atoms with van der Waals surface area (Å²) < 4.78 is 85.7. The molecule has 1 fully saturated rings. The lowest BCUT2D eigenvalue weighted by molar-refractivity contribution is -0.348. The number of pyridine rings is 2. The second-order valence-electron chi connectivity index (χ2n) is 8.56. The van der Waals surface area contributed by atoms with E-state index in [2.05, 4.69) is 20.0 Å². The molecule has 7 nitrogen and oxygen atoms in total. The molecule has 4 heterocycles. The van der Waals surface area contributed by atoms with Crippen molar-refractivity contribution < 1.29 is 35.9 Å². The van der Waals surface area contributed by atoms with Gasteiger partial charge in [-0.1, -0.05) is 30.3 Å². The largest absolute Gasteiger partial charge is 0.524 e. The molecular formula is C25H19F6N5O2. The third kappa shape index (κ3) is 5.28. The van der Waals surface area contributed by atoms with Crippen molar-refractivity contribution in [2.24, 2.45) is 0 Å². The Kier molecular flexibility index (Phi) is 6.47. The number of nitrogens with one attached hydrogen (secondary N) is 1. The van der Waals surface area contributed by atoms with Crippen molar-refractivity contribution in [2.75, 3.05) is 23.3 Å². The van der Waals surface area contributed by atoms with E-state index in [4.69, 9.17) is 0 Å². The maximum atomic E-state index is 13.5. The van der Waals surface area contributed by atoms with Crippen molar-refractivity contribution in [3.63, 3.8) is 0 Å². The van der Waals surface area contributed by atoms with Gasteiger partial charge in [0.2, 0.25) is 0 Å². The number of amides is 1. The summed E-state index contributed by atoms with van der Waals surface area (Å²) in [6.45, 7) is 1.71. The number of alkyl halides is 6. The Morgan fingerprint density at radius 3 is 2.26 bits per heavy atom. The first-order valence-corrected chi connectivity index (χ1v) is 11.4. The molecule has 4 aromatic rings. The van der Waals surface area contributed by atoms with Gasteiger partial charge >= 0.3 is 12.5 Å². The van der Waals surface area contributed by atoms with E-state index in [1.807, 2.05) is 4.90 Å². The Bertz CT molecular complexity index is 1450. The zero-order valence-electron chi connectivity index (χ0n) is 19.4. The van der Waals surface area contributed by atoms with E-state index < -0.39 is 35.9 Å². The first-order valence-electron chi connectivity index (χ1n) is 11.4. The molecule has 198 valence electrons. The van der Waals surface area contributed by atoms with E-state index in [0.717, 1.165) is 30.1 Å². The zero-order chi connectivity index (χ0) is 27.1. The molecule has 1 amide bonds. The van der Waals surface area contributed by atoms with E-state index in [9.17, 15) is 31.1 Å². The van der Waals surface area contributed by atoms with Crippen LogP contribution in [0.25, 0.3) is 11.0 Å². The van der Waals surface area contributed by atoms with Crippen LogP contribution in [-0.2, 0) is 10.9 Å². The number of carbonyl (C=O) groups is 1. The second kappa shape index (κ2) is 9.63. The van der Waals surface area contributed by atoms with Gasteiger partial charge in [-0.15, -0.1) is 13.2 Å². The number of halogens is 6. The van der Waals surface area contributed by atoms with Crippen LogP contribution in [0.15, 0.2) is 67.0 Å². The SMILES string of the molecule is O=C(Nc1ccc(N2CCC2)nc1)c1cc2cc(C(F)(F)F)cnc2n1C(OC(F)(F)F)c1ccccc1. The van der Waals surface area contributed by atoms with Gasteiger partial charge in [-0.05, 0) is 30.7 Å². The summed E-state index contributed by atoms with van der Waals surface area (Å²) in [7, 11) is 0. The van der Waals surface area contributed by atoms with Gasteiger partial charge in [-0.2, -0.15) is 13.2 Å². The van der Waals surface area contributed by atoms with Crippen LogP contribution >= 0.6 is 0 Å². The predicted molar refractivity (Wildman–Crippen MR) is 125 cm³/mol. The summed E-state index contributed by atoms with van der Waals surface area (Å²) in [4.78, 5) is 23.4. The van der Waals surface area contributed by atoms with Gasteiger partial charge in [0.1, 0.15) is 17.2 Å². The van der Waals surface area contributed by atoms with Crippen molar-refractivity contribution in [3.8, 4) is 0 Å². The summed E-state index contributed by atoms with van der Waals surface area (Å²) in [5.74, 6) is -0.184. The Balaban J connectivity index is 1.60. The van der Waals surface area contributed by atoms with Gasteiger partial charge in [0.25, 0.3) is 5.91 Å². The van der Waals surface area contributed by atoms with Crippen LogP contribution in [0, 0.1) is 0 Å². The zero-order valence-corrected chi connectivity index (χ0v) is 19.4. The third-order valence-electron chi connectivity index (χ3n) is 5.99. The lowest BCUT2D eigenvalue weighted by atomic mass is 10.2. The summed E-state index contributed by atoms with van der Waals surface area (Å²) in [5, 5.41) is 2.36. The summed E-state index contributed by atoms with van der Waals surface area (Å²) in [5.41, 5.74) is -1.57. The highest BCUT2D eigenvalue weighted by atomic mass is 19.4. The lowest BCUT2D eigenvalue weighted by Gasteiger charge is -2.31. The molecule has 38 heavy (non-hydrogen) atoms. The van der Waals surface area contributed by atoms with Gasteiger partial charge in [0.15, 0.2) is 6.23 Å². The number of hydrogen-bond donors (Lipinski definition) is 1. The van der Waals surface area contributed by atoms with E-state index in [1.54, 1.807) is 18.2 Å². The number of carbonyl (C=O) groups excluding carboxylic acids is 1. The van der Waals surface area contributed by atoms with Gasteiger partial charge in [0, 0.05) is 30.2 Å². The number of fused-ring (bicyclic) bond motifs is 1. The van der Waals surface area contributed by atoms with Gasteiger partial charge in [-0.3, -0.25) is 14.1 Å². The Hall–Kier alpha value is -4.13. The number of anilines is 2. The number of benzene rings is 1. The van der Waals surface area contributed by atoms with Gasteiger partial charge in [-0.25, -0.2) is 9.97 Å².